The van der Waals surface area contributed by atoms with Crippen LogP contribution in [-0.2, 0) is 13.0 Å². The molecule has 3 aromatic rings. The summed E-state index contributed by atoms with van der Waals surface area (Å²) in [5.74, 6) is 0.354. The average Bonchev–Trinajstić information content (AvgIpc) is 3.42. The summed E-state index contributed by atoms with van der Waals surface area (Å²) in [6, 6.07) is 12.7. The number of imidazole rings is 1. The largest absolute Gasteiger partial charge is 0.379 e. The Morgan fingerprint density at radius 2 is 1.69 bits per heavy atom. The number of fused-ring (bicyclic) bond motifs is 3. The van der Waals surface area contributed by atoms with Gasteiger partial charge in [0, 0.05) is 67.8 Å². The Balaban J connectivity index is 1.10. The number of halogens is 2. The number of aliphatic hydroxyl groups excluding tert-OH is 1. The second kappa shape index (κ2) is 12.1. The molecule has 8 nitrogen and oxygen atoms in total. The van der Waals surface area contributed by atoms with Gasteiger partial charge in [0.1, 0.15) is 23.7 Å². The van der Waals surface area contributed by atoms with E-state index in [1.807, 2.05) is 6.92 Å². The molecule has 4 heterocycles. The number of nitrogens with one attached hydrogen (secondary N) is 1. The van der Waals surface area contributed by atoms with E-state index in [4.69, 9.17) is 4.98 Å². The zero-order valence-corrected chi connectivity index (χ0v) is 24.3. The molecule has 6 rings (SSSR count). The molecule has 2 bridgehead atoms. The summed E-state index contributed by atoms with van der Waals surface area (Å²) in [5, 5.41) is 12.9. The Hall–Kier alpha value is -3.34. The van der Waals surface area contributed by atoms with Crippen molar-refractivity contribution in [3.8, 4) is 0 Å². The number of hydrogen-bond acceptors (Lipinski definition) is 5. The summed E-state index contributed by atoms with van der Waals surface area (Å²) in [4.78, 5) is 24.5. The molecule has 0 radical (unpaired) electrons. The first kappa shape index (κ1) is 28.8. The van der Waals surface area contributed by atoms with Gasteiger partial charge in [-0.2, -0.15) is 0 Å². The maximum Gasteiger partial charge on any atom is 0.326 e. The van der Waals surface area contributed by atoms with E-state index >= 15 is 0 Å². The lowest BCUT2D eigenvalue weighted by molar-refractivity contribution is 0.00749. The number of piperidine rings is 1. The molecule has 0 saturated carbocycles. The number of aryl methyl sites for hydroxylation is 1. The molecule has 4 atom stereocenters. The van der Waals surface area contributed by atoms with Crippen LogP contribution in [0.1, 0.15) is 62.3 Å². The first-order chi connectivity index (χ1) is 20.3. The van der Waals surface area contributed by atoms with Crippen molar-refractivity contribution >= 4 is 17.4 Å². The number of rotatable bonds is 8. The number of aromatic nitrogens is 2. The standard InChI is InChI=1S/C32H40F2N6O2/c1-21-35-30-20-37(22(2)41)17-14-31(30)40(21)29-18-27-12-13-28(19-29)38(27)15-3-16-39(26-10-6-24(34)7-11-26)32(42)36-25-8-4-23(33)5-9-25/h4-11,22,27-29,41H,3,12-20H2,1-2H3,(H,36,42)/t22-,27-,28+,29?/m1/s1. The van der Waals surface area contributed by atoms with Crippen molar-refractivity contribution in [3.63, 3.8) is 0 Å². The van der Waals surface area contributed by atoms with E-state index in [1.54, 1.807) is 17.0 Å². The number of aliphatic hydroxyl groups is 1. The number of amides is 2. The highest BCUT2D eigenvalue weighted by atomic mass is 19.1. The van der Waals surface area contributed by atoms with Gasteiger partial charge in [-0.05, 0) is 94.5 Å². The van der Waals surface area contributed by atoms with Gasteiger partial charge in [-0.1, -0.05) is 0 Å². The van der Waals surface area contributed by atoms with E-state index in [2.05, 4.69) is 26.6 Å². The molecule has 1 aromatic heterocycles. The van der Waals surface area contributed by atoms with E-state index in [9.17, 15) is 18.7 Å². The van der Waals surface area contributed by atoms with Crippen LogP contribution >= 0.6 is 0 Å². The zero-order valence-electron chi connectivity index (χ0n) is 24.3. The summed E-state index contributed by atoms with van der Waals surface area (Å²) in [7, 11) is 0. The normalized spacial score (nSPS) is 23.0. The van der Waals surface area contributed by atoms with Gasteiger partial charge >= 0.3 is 6.03 Å². The van der Waals surface area contributed by atoms with E-state index in [0.717, 1.165) is 50.3 Å². The molecule has 0 aliphatic carbocycles. The summed E-state index contributed by atoms with van der Waals surface area (Å²) >= 11 is 0. The topological polar surface area (TPSA) is 76.9 Å². The van der Waals surface area contributed by atoms with Crippen LogP contribution in [0.4, 0.5) is 25.0 Å². The third kappa shape index (κ3) is 5.93. The Morgan fingerprint density at radius 3 is 2.33 bits per heavy atom. The van der Waals surface area contributed by atoms with Gasteiger partial charge in [0.25, 0.3) is 0 Å². The predicted octanol–water partition coefficient (Wildman–Crippen LogP) is 5.46. The molecule has 42 heavy (non-hydrogen) atoms. The fourth-order valence-electron chi connectivity index (χ4n) is 7.29. The van der Waals surface area contributed by atoms with Crippen LogP contribution in [0, 0.1) is 18.6 Å². The Bertz CT molecular complexity index is 1380. The van der Waals surface area contributed by atoms with Crippen molar-refractivity contribution in [2.75, 3.05) is 29.9 Å². The summed E-state index contributed by atoms with van der Waals surface area (Å²) < 4.78 is 29.5. The van der Waals surface area contributed by atoms with Crippen molar-refractivity contribution in [1.82, 2.24) is 19.4 Å². The van der Waals surface area contributed by atoms with Crippen LogP contribution in [0.25, 0.3) is 0 Å². The van der Waals surface area contributed by atoms with Crippen molar-refractivity contribution in [1.29, 1.82) is 0 Å². The number of carbonyl (C=O) groups is 1. The molecular formula is C32H40F2N6O2. The summed E-state index contributed by atoms with van der Waals surface area (Å²) in [6.07, 6.45) is 5.77. The molecule has 2 N–H and O–H groups in total. The Morgan fingerprint density at radius 1 is 1.05 bits per heavy atom. The van der Waals surface area contributed by atoms with E-state index < -0.39 is 6.23 Å². The first-order valence-corrected chi connectivity index (χ1v) is 15.1. The van der Waals surface area contributed by atoms with Crippen molar-refractivity contribution in [2.45, 2.75) is 83.3 Å². The van der Waals surface area contributed by atoms with Gasteiger partial charge in [-0.3, -0.25) is 14.7 Å². The zero-order chi connectivity index (χ0) is 29.4. The molecule has 3 aliphatic rings. The Kier molecular flexibility index (Phi) is 8.29. The second-order valence-corrected chi connectivity index (χ2v) is 11.9. The number of urea groups is 1. The molecule has 224 valence electrons. The molecule has 10 heteroatoms. The number of hydrogen-bond donors (Lipinski definition) is 2. The smallest absolute Gasteiger partial charge is 0.326 e. The molecule has 0 spiro atoms. The SMILES string of the molecule is Cc1nc2c(n1C1C[C@H]3CC[C@@H](C1)N3CCCN(C(=O)Nc1ccc(F)cc1)c1ccc(F)cc1)CCN([C@@H](C)O)C2. The van der Waals surface area contributed by atoms with Crippen molar-refractivity contribution < 1.29 is 18.7 Å². The van der Waals surface area contributed by atoms with Crippen LogP contribution in [0.3, 0.4) is 0 Å². The molecule has 2 amide bonds. The second-order valence-electron chi connectivity index (χ2n) is 11.9. The minimum Gasteiger partial charge on any atom is -0.379 e. The predicted molar refractivity (Wildman–Crippen MR) is 158 cm³/mol. The number of anilines is 2. The minimum absolute atomic E-state index is 0.329. The lowest BCUT2D eigenvalue weighted by Gasteiger charge is -2.41. The maximum absolute atomic E-state index is 13.6. The molecule has 3 aliphatic heterocycles. The van der Waals surface area contributed by atoms with Crippen LogP contribution in [0.15, 0.2) is 48.5 Å². The minimum atomic E-state index is -0.462. The fraction of sp³-hybridized carbons (Fsp3) is 0.500. The van der Waals surface area contributed by atoms with E-state index in [-0.39, 0.29) is 17.7 Å². The van der Waals surface area contributed by atoms with Crippen molar-refractivity contribution in [3.05, 3.63) is 77.4 Å². The van der Waals surface area contributed by atoms with Crippen LogP contribution in [-0.4, -0.2) is 68.4 Å². The average molecular weight is 579 g/mol. The van der Waals surface area contributed by atoms with Crippen molar-refractivity contribution in [2.24, 2.45) is 0 Å². The fourth-order valence-corrected chi connectivity index (χ4v) is 7.29. The van der Waals surface area contributed by atoms with Gasteiger partial charge in [-0.25, -0.2) is 18.6 Å². The van der Waals surface area contributed by atoms with Crippen LogP contribution in [0.5, 0.6) is 0 Å². The molecule has 1 unspecified atom stereocenters. The highest BCUT2D eigenvalue weighted by molar-refractivity contribution is 6.01. The molecular weight excluding hydrogens is 538 g/mol. The molecule has 2 aromatic carbocycles. The quantitative estimate of drug-likeness (QED) is 0.371. The molecule has 2 saturated heterocycles. The van der Waals surface area contributed by atoms with Gasteiger partial charge in [0.15, 0.2) is 0 Å². The van der Waals surface area contributed by atoms with E-state index in [1.165, 1.54) is 54.9 Å². The first-order valence-electron chi connectivity index (χ1n) is 15.1. The third-order valence-corrected chi connectivity index (χ3v) is 9.29. The van der Waals surface area contributed by atoms with Gasteiger partial charge in [0.05, 0.1) is 5.69 Å². The highest BCUT2D eigenvalue weighted by Crippen LogP contribution is 2.42. The third-order valence-electron chi connectivity index (χ3n) is 9.29. The number of carbonyl (C=O) groups excluding carboxylic acids is 1. The van der Waals surface area contributed by atoms with Crippen LogP contribution in [0.2, 0.25) is 0 Å². The molecule has 2 fully saturated rings. The number of benzene rings is 2. The van der Waals surface area contributed by atoms with Crippen LogP contribution < -0.4 is 10.2 Å². The highest BCUT2D eigenvalue weighted by Gasteiger charge is 2.42. The summed E-state index contributed by atoms with van der Waals surface area (Å²) in [5.41, 5.74) is 3.56. The van der Waals surface area contributed by atoms with E-state index in [0.29, 0.717) is 42.6 Å². The Labute approximate surface area is 245 Å². The van der Waals surface area contributed by atoms with Gasteiger partial charge < -0.3 is 15.0 Å². The maximum atomic E-state index is 13.6. The monoisotopic (exact) mass is 578 g/mol. The van der Waals surface area contributed by atoms with Gasteiger partial charge in [0.2, 0.25) is 0 Å². The number of nitrogens with zero attached hydrogens (tertiary/aromatic N) is 5. The summed E-state index contributed by atoms with van der Waals surface area (Å²) in [6.45, 7) is 6.84. The lowest BCUT2D eigenvalue weighted by atomic mass is 9.95. The lowest BCUT2D eigenvalue weighted by Crippen LogP contribution is -2.45. The van der Waals surface area contributed by atoms with Gasteiger partial charge in [-0.15, -0.1) is 0 Å².